The van der Waals surface area contributed by atoms with Crippen LogP contribution >= 0.6 is 0 Å². The van der Waals surface area contributed by atoms with E-state index in [9.17, 15) is 14.4 Å². The fraction of sp³-hybridized carbons (Fsp3) is 0.357. The van der Waals surface area contributed by atoms with Crippen molar-refractivity contribution in [3.05, 3.63) is 35.9 Å². The zero-order valence-electron chi connectivity index (χ0n) is 11.1. The summed E-state index contributed by atoms with van der Waals surface area (Å²) in [7, 11) is 0. The molecule has 0 bridgehead atoms. The Morgan fingerprint density at radius 2 is 1.63 bits per heavy atom. The van der Waals surface area contributed by atoms with Crippen LogP contribution < -0.4 is 0 Å². The molecule has 0 unspecified atom stereocenters. The van der Waals surface area contributed by atoms with Gasteiger partial charge in [-0.1, -0.05) is 44.2 Å². The standard InChI is InChI=1S/C12H11NO4.C2H6/c14-10-6-7-11(15)13(10)17-12(16)8-9-4-2-1-3-5-9;1-2/h1-5H,6-8H2;1-2H3. The molecule has 0 aromatic heterocycles. The minimum Gasteiger partial charge on any atom is -0.330 e. The van der Waals surface area contributed by atoms with Gasteiger partial charge in [-0.25, -0.2) is 4.79 Å². The van der Waals surface area contributed by atoms with E-state index in [0.717, 1.165) is 5.56 Å². The quantitative estimate of drug-likeness (QED) is 0.781. The summed E-state index contributed by atoms with van der Waals surface area (Å²) in [5, 5.41) is 0.561. The van der Waals surface area contributed by atoms with Crippen molar-refractivity contribution < 1.29 is 19.2 Å². The minimum absolute atomic E-state index is 0.0396. The number of imide groups is 1. The molecule has 1 aromatic carbocycles. The summed E-state index contributed by atoms with van der Waals surface area (Å²) in [6.07, 6.45) is 0.257. The first-order chi connectivity index (χ1) is 9.16. The summed E-state index contributed by atoms with van der Waals surface area (Å²) in [5.74, 6) is -1.53. The summed E-state index contributed by atoms with van der Waals surface area (Å²) in [4.78, 5) is 38.6. The fourth-order valence-corrected chi connectivity index (χ4v) is 1.55. The topological polar surface area (TPSA) is 63.7 Å². The van der Waals surface area contributed by atoms with E-state index in [2.05, 4.69) is 0 Å². The average Bonchev–Trinajstić information content (AvgIpc) is 2.74. The molecule has 2 rings (SSSR count). The Bertz CT molecular complexity index is 440. The maximum absolute atomic E-state index is 11.5. The molecule has 0 aliphatic carbocycles. The number of rotatable bonds is 3. The van der Waals surface area contributed by atoms with Crippen LogP contribution in [0.4, 0.5) is 0 Å². The van der Waals surface area contributed by atoms with E-state index in [1.165, 1.54) is 0 Å². The Hall–Kier alpha value is -2.17. The van der Waals surface area contributed by atoms with Crippen molar-refractivity contribution in [2.24, 2.45) is 0 Å². The summed E-state index contributed by atoms with van der Waals surface area (Å²) in [6, 6.07) is 8.98. The second-order valence-electron chi connectivity index (χ2n) is 3.71. The molecule has 0 radical (unpaired) electrons. The zero-order valence-corrected chi connectivity index (χ0v) is 11.1. The highest BCUT2D eigenvalue weighted by molar-refractivity contribution is 6.01. The number of carbonyl (C=O) groups excluding carboxylic acids is 3. The van der Waals surface area contributed by atoms with E-state index in [4.69, 9.17) is 4.84 Å². The molecular formula is C14H17NO4. The molecule has 1 fully saturated rings. The summed E-state index contributed by atoms with van der Waals surface area (Å²) in [6.45, 7) is 4.00. The molecule has 5 nitrogen and oxygen atoms in total. The van der Waals surface area contributed by atoms with Crippen LogP contribution in [0.3, 0.4) is 0 Å². The van der Waals surface area contributed by atoms with E-state index in [-0.39, 0.29) is 19.3 Å². The van der Waals surface area contributed by atoms with Gasteiger partial charge in [0.05, 0.1) is 6.42 Å². The summed E-state index contributed by atoms with van der Waals surface area (Å²) >= 11 is 0. The fourth-order valence-electron chi connectivity index (χ4n) is 1.55. The number of hydrogen-bond acceptors (Lipinski definition) is 4. The van der Waals surface area contributed by atoms with Gasteiger partial charge >= 0.3 is 5.97 Å². The maximum Gasteiger partial charge on any atom is 0.337 e. The molecule has 0 atom stereocenters. The molecule has 0 spiro atoms. The van der Waals surface area contributed by atoms with Crippen LogP contribution in [0.5, 0.6) is 0 Å². The number of nitrogens with zero attached hydrogens (tertiary/aromatic N) is 1. The van der Waals surface area contributed by atoms with Gasteiger partial charge in [-0.15, -0.1) is 5.06 Å². The lowest BCUT2D eigenvalue weighted by molar-refractivity contribution is -0.197. The molecule has 0 saturated carbocycles. The molecule has 1 aromatic rings. The lowest BCUT2D eigenvalue weighted by Crippen LogP contribution is -2.32. The second kappa shape index (κ2) is 7.31. The van der Waals surface area contributed by atoms with Crippen molar-refractivity contribution in [2.75, 3.05) is 0 Å². The molecular weight excluding hydrogens is 246 g/mol. The van der Waals surface area contributed by atoms with Crippen LogP contribution in [0.25, 0.3) is 0 Å². The summed E-state index contributed by atoms with van der Waals surface area (Å²) in [5.41, 5.74) is 0.775. The third-order valence-corrected chi connectivity index (χ3v) is 2.39. The van der Waals surface area contributed by atoms with E-state index >= 15 is 0 Å². The smallest absolute Gasteiger partial charge is 0.330 e. The Labute approximate surface area is 112 Å². The predicted molar refractivity (Wildman–Crippen MR) is 68.7 cm³/mol. The first-order valence-corrected chi connectivity index (χ1v) is 6.27. The highest BCUT2D eigenvalue weighted by atomic mass is 16.7. The first kappa shape index (κ1) is 14.9. The van der Waals surface area contributed by atoms with Crippen LogP contribution in [0.15, 0.2) is 30.3 Å². The van der Waals surface area contributed by atoms with Gasteiger partial charge in [-0.05, 0) is 5.56 Å². The van der Waals surface area contributed by atoms with Gasteiger partial charge in [0.15, 0.2) is 0 Å². The van der Waals surface area contributed by atoms with Crippen molar-refractivity contribution in [3.63, 3.8) is 0 Å². The van der Waals surface area contributed by atoms with Crippen LogP contribution in [0.1, 0.15) is 32.3 Å². The van der Waals surface area contributed by atoms with Crippen LogP contribution in [-0.4, -0.2) is 22.8 Å². The molecule has 0 N–H and O–H groups in total. The van der Waals surface area contributed by atoms with Gasteiger partial charge in [0.25, 0.3) is 11.8 Å². The number of amides is 2. The Morgan fingerprint density at radius 1 is 1.11 bits per heavy atom. The molecule has 1 aliphatic heterocycles. The molecule has 1 heterocycles. The van der Waals surface area contributed by atoms with Crippen molar-refractivity contribution in [1.82, 2.24) is 5.06 Å². The van der Waals surface area contributed by atoms with E-state index in [1.54, 1.807) is 24.3 Å². The highest BCUT2D eigenvalue weighted by Gasteiger charge is 2.32. The molecule has 2 amide bonds. The second-order valence-corrected chi connectivity index (χ2v) is 3.71. The molecule has 102 valence electrons. The van der Waals surface area contributed by atoms with E-state index < -0.39 is 17.8 Å². The average molecular weight is 263 g/mol. The van der Waals surface area contributed by atoms with E-state index in [0.29, 0.717) is 5.06 Å². The van der Waals surface area contributed by atoms with Crippen LogP contribution in [0, 0.1) is 0 Å². The van der Waals surface area contributed by atoms with E-state index in [1.807, 2.05) is 19.9 Å². The lowest BCUT2D eigenvalue weighted by atomic mass is 10.2. The Kier molecular flexibility index (Phi) is 5.73. The van der Waals surface area contributed by atoms with Crippen LogP contribution in [-0.2, 0) is 25.6 Å². The predicted octanol–water partition coefficient (Wildman–Crippen LogP) is 1.86. The Morgan fingerprint density at radius 3 is 2.16 bits per heavy atom. The largest absolute Gasteiger partial charge is 0.337 e. The summed E-state index contributed by atoms with van der Waals surface area (Å²) < 4.78 is 0. The van der Waals surface area contributed by atoms with Gasteiger partial charge < -0.3 is 4.84 Å². The van der Waals surface area contributed by atoms with Gasteiger partial charge in [-0.3, -0.25) is 9.59 Å². The number of carbonyl (C=O) groups is 3. The van der Waals surface area contributed by atoms with Crippen molar-refractivity contribution in [3.8, 4) is 0 Å². The van der Waals surface area contributed by atoms with Gasteiger partial charge in [0.1, 0.15) is 0 Å². The third kappa shape index (κ3) is 4.21. The SMILES string of the molecule is CC.O=C(Cc1ccccc1)ON1C(=O)CCC1=O. The van der Waals surface area contributed by atoms with Gasteiger partial charge in [0.2, 0.25) is 0 Å². The molecule has 5 heteroatoms. The maximum atomic E-state index is 11.5. The molecule has 1 aliphatic rings. The highest BCUT2D eigenvalue weighted by Crippen LogP contribution is 2.13. The van der Waals surface area contributed by atoms with Crippen molar-refractivity contribution in [2.45, 2.75) is 33.1 Å². The van der Waals surface area contributed by atoms with Crippen LogP contribution in [0.2, 0.25) is 0 Å². The molecule has 19 heavy (non-hydrogen) atoms. The Balaban J connectivity index is 0.000000861. The minimum atomic E-state index is -0.611. The molecule has 1 saturated heterocycles. The lowest BCUT2D eigenvalue weighted by Gasteiger charge is -2.12. The monoisotopic (exact) mass is 263 g/mol. The van der Waals surface area contributed by atoms with Crippen molar-refractivity contribution in [1.29, 1.82) is 0 Å². The number of hydroxylamine groups is 2. The number of benzene rings is 1. The van der Waals surface area contributed by atoms with Gasteiger partial charge in [0, 0.05) is 12.8 Å². The zero-order chi connectivity index (χ0) is 14.3. The van der Waals surface area contributed by atoms with Gasteiger partial charge in [-0.2, -0.15) is 0 Å². The normalized spacial score (nSPS) is 13.9. The number of hydrogen-bond donors (Lipinski definition) is 0. The third-order valence-electron chi connectivity index (χ3n) is 2.39. The van der Waals surface area contributed by atoms with Crippen molar-refractivity contribution >= 4 is 17.8 Å². The first-order valence-electron chi connectivity index (χ1n) is 6.27.